The normalized spacial score (nSPS) is 41.3. The van der Waals surface area contributed by atoms with Crippen LogP contribution in [0.3, 0.4) is 0 Å². The van der Waals surface area contributed by atoms with Gasteiger partial charge in [0.05, 0.1) is 54.9 Å². The molecule has 19 nitrogen and oxygen atoms in total. The molecule has 0 amide bonds. The molecule has 0 aromatic rings. The van der Waals surface area contributed by atoms with Crippen molar-refractivity contribution >= 4 is 11.9 Å². The number of esters is 2. The van der Waals surface area contributed by atoms with E-state index in [0.29, 0.717) is 38.5 Å². The van der Waals surface area contributed by atoms with E-state index in [1.165, 1.54) is 12.2 Å². The van der Waals surface area contributed by atoms with Crippen molar-refractivity contribution in [1.82, 2.24) is 0 Å². The molecule has 0 aromatic heterocycles. The lowest BCUT2D eigenvalue weighted by atomic mass is 9.80. The molecule has 4 fully saturated rings. The Morgan fingerprint density at radius 1 is 0.568 bits per heavy atom. The Labute approximate surface area is 480 Å². The van der Waals surface area contributed by atoms with Crippen LogP contribution in [0.4, 0.5) is 0 Å². The van der Waals surface area contributed by atoms with Crippen molar-refractivity contribution < 1.29 is 93.4 Å². The highest BCUT2D eigenvalue weighted by atomic mass is 16.7. The number of carbonyl (C=O) groups is 2. The molecule has 5 aliphatic heterocycles. The topological polar surface area (TPSA) is 290 Å². The van der Waals surface area contributed by atoms with Crippen molar-refractivity contribution in [3.63, 3.8) is 0 Å². The number of hydrogen-bond acceptors (Lipinski definition) is 19. The van der Waals surface area contributed by atoms with Crippen molar-refractivity contribution in [1.29, 1.82) is 0 Å². The zero-order chi connectivity index (χ0) is 60.1. The minimum atomic E-state index is -1.93. The van der Waals surface area contributed by atoms with Gasteiger partial charge in [0.25, 0.3) is 0 Å². The van der Waals surface area contributed by atoms with E-state index < -0.39 is 151 Å². The van der Waals surface area contributed by atoms with Crippen LogP contribution < -0.4 is 0 Å². The SMILES string of the molecule is CCC1=CC=CC(CC)C(C(C)C(O)CC2(O)CC(OC3OC(C)C(O)C(O)C3O)C(CC)C(C)O2)OC(=O)C=CC(CC)=CC=CC(CC)C(C(C)C(O)CC2(O)CC(OC3CC(O)C(O)C(C)O3)C(CC)C(C)O2)OC(=O)C=C1. The lowest BCUT2D eigenvalue weighted by molar-refractivity contribution is -0.346. The summed E-state index contributed by atoms with van der Waals surface area (Å²) in [4.78, 5) is 27.8. The Balaban J connectivity index is 1.38. The van der Waals surface area contributed by atoms with Gasteiger partial charge in [-0.1, -0.05) is 104 Å². The van der Waals surface area contributed by atoms with Crippen LogP contribution in [0, 0.1) is 35.5 Å². The monoisotopic (exact) mass is 1150 g/mol. The number of rotatable bonds is 18. The fourth-order valence-corrected chi connectivity index (χ4v) is 12.4. The van der Waals surface area contributed by atoms with Gasteiger partial charge >= 0.3 is 11.9 Å². The minimum Gasteiger partial charge on any atom is -0.458 e. The number of aliphatic hydroxyl groups is 9. The van der Waals surface area contributed by atoms with Crippen molar-refractivity contribution in [2.75, 3.05) is 0 Å². The molecule has 5 rings (SSSR count). The summed E-state index contributed by atoms with van der Waals surface area (Å²) >= 11 is 0. The Morgan fingerprint density at radius 2 is 1.00 bits per heavy atom. The van der Waals surface area contributed by atoms with Crippen LogP contribution in [0.2, 0.25) is 0 Å². The van der Waals surface area contributed by atoms with Gasteiger partial charge in [-0.05, 0) is 77.4 Å². The van der Waals surface area contributed by atoms with E-state index in [0.717, 1.165) is 11.1 Å². The first-order chi connectivity index (χ1) is 38.2. The van der Waals surface area contributed by atoms with Gasteiger partial charge in [0.2, 0.25) is 0 Å². The minimum absolute atomic E-state index is 0.00838. The van der Waals surface area contributed by atoms with Crippen molar-refractivity contribution in [3.8, 4) is 0 Å². The fraction of sp³-hybridized carbons (Fsp3) is 0.774. The third-order valence-corrected chi connectivity index (χ3v) is 17.7. The van der Waals surface area contributed by atoms with E-state index in [2.05, 4.69) is 0 Å². The fourth-order valence-electron chi connectivity index (χ4n) is 12.4. The molecule has 0 bridgehead atoms. The maximum atomic E-state index is 13.9. The Kier molecular flexibility index (Phi) is 26.5. The quantitative estimate of drug-likeness (QED) is 0.0706. The molecular weight excluding hydrogens is 1050 g/mol. The average molecular weight is 1150 g/mol. The molecule has 25 unspecified atom stereocenters. The van der Waals surface area contributed by atoms with Crippen LogP contribution in [-0.2, 0) is 47.5 Å². The standard InChI is InChI=1S/C62H100O19/c1-13-40-21-19-23-42(15-3)58(34(7)47(64)30-61(72)32-49(44(17-5)36(9)80-61)76-53-29-46(63)54(68)38(11)74-53)78-51(66)27-25-41(14-2)22-20-24-43(16-4)59(79-52(67)28-26-40)35(8)48(65)31-62(73)33-50(45(18-6)37(10)81-62)77-60-57(71)56(70)55(69)39(12)75-60/h19-28,34-39,42-50,53-60,63-65,68-73H,13-18,29-33H2,1-12H3. The first-order valence-corrected chi connectivity index (χ1v) is 30.0. The largest absolute Gasteiger partial charge is 0.458 e. The summed E-state index contributed by atoms with van der Waals surface area (Å²) in [5, 5.41) is 101. The predicted molar refractivity (Wildman–Crippen MR) is 301 cm³/mol. The first-order valence-electron chi connectivity index (χ1n) is 30.0. The molecule has 0 spiro atoms. The Hall–Kier alpha value is -3.22. The number of allylic oxidation sites excluding steroid dienone is 8. The van der Waals surface area contributed by atoms with E-state index in [-0.39, 0.29) is 43.9 Å². The average Bonchev–Trinajstić information content (AvgIpc) is 3.44. The number of aliphatic hydroxyl groups excluding tert-OH is 7. The van der Waals surface area contributed by atoms with Gasteiger partial charge in [-0.2, -0.15) is 0 Å². The first kappa shape index (κ1) is 68.6. The molecule has 81 heavy (non-hydrogen) atoms. The van der Waals surface area contributed by atoms with Crippen LogP contribution in [0.1, 0.15) is 154 Å². The van der Waals surface area contributed by atoms with Crippen molar-refractivity contribution in [3.05, 3.63) is 71.9 Å². The summed E-state index contributed by atoms with van der Waals surface area (Å²) in [7, 11) is 0. The molecule has 4 saturated heterocycles. The lowest BCUT2D eigenvalue weighted by Gasteiger charge is -2.48. The third kappa shape index (κ3) is 18.4. The van der Waals surface area contributed by atoms with E-state index in [1.54, 1.807) is 46.8 Å². The third-order valence-electron chi connectivity index (χ3n) is 17.7. The summed E-state index contributed by atoms with van der Waals surface area (Å²) in [5.74, 6) is -7.80. The molecule has 5 heterocycles. The summed E-state index contributed by atoms with van der Waals surface area (Å²) < 4.78 is 49.3. The molecule has 0 aliphatic carbocycles. The number of carbonyl (C=O) groups excluding carboxylic acids is 2. The molecule has 0 saturated carbocycles. The molecule has 462 valence electrons. The van der Waals surface area contributed by atoms with Crippen LogP contribution in [0.25, 0.3) is 0 Å². The molecule has 0 aromatic carbocycles. The lowest BCUT2D eigenvalue weighted by Crippen LogP contribution is -2.60. The zero-order valence-electron chi connectivity index (χ0n) is 49.9. The van der Waals surface area contributed by atoms with Crippen LogP contribution >= 0.6 is 0 Å². The maximum absolute atomic E-state index is 13.9. The molecule has 25 atom stereocenters. The molecule has 0 radical (unpaired) electrons. The van der Waals surface area contributed by atoms with Crippen LogP contribution in [-0.4, -0.2) is 174 Å². The number of cyclic esters (lactones) is 2. The second-order valence-corrected chi connectivity index (χ2v) is 23.5. The Morgan fingerprint density at radius 3 is 1.41 bits per heavy atom. The van der Waals surface area contributed by atoms with E-state index in [4.69, 9.17) is 37.9 Å². The smallest absolute Gasteiger partial charge is 0.331 e. The van der Waals surface area contributed by atoms with Crippen molar-refractivity contribution in [2.24, 2.45) is 35.5 Å². The van der Waals surface area contributed by atoms with Gasteiger partial charge in [-0.25, -0.2) is 9.59 Å². The highest BCUT2D eigenvalue weighted by Gasteiger charge is 2.52. The predicted octanol–water partition coefficient (Wildman–Crippen LogP) is 6.05. The number of ether oxygens (including phenoxy) is 8. The van der Waals surface area contributed by atoms with Gasteiger partial charge in [-0.15, -0.1) is 0 Å². The van der Waals surface area contributed by atoms with E-state index in [9.17, 15) is 55.5 Å². The van der Waals surface area contributed by atoms with E-state index in [1.807, 2.05) is 84.9 Å². The van der Waals surface area contributed by atoms with E-state index >= 15 is 0 Å². The van der Waals surface area contributed by atoms with Gasteiger partial charge in [0.15, 0.2) is 24.2 Å². The molecular formula is C62H100O19. The maximum Gasteiger partial charge on any atom is 0.331 e. The zero-order valence-corrected chi connectivity index (χ0v) is 49.9. The number of hydrogen-bond donors (Lipinski definition) is 9. The second kappa shape index (κ2) is 31.3. The summed E-state index contributed by atoms with van der Waals surface area (Å²) in [6, 6.07) is 0. The van der Waals surface area contributed by atoms with Gasteiger partial charge in [0, 0.05) is 79.8 Å². The summed E-state index contributed by atoms with van der Waals surface area (Å²) in [6.07, 6.45) is 2.96. The van der Waals surface area contributed by atoms with Crippen LogP contribution in [0.15, 0.2) is 71.9 Å². The van der Waals surface area contributed by atoms with Gasteiger partial charge < -0.3 is 83.9 Å². The summed E-state index contributed by atoms with van der Waals surface area (Å²) in [5.41, 5.74) is 1.52. The Bertz CT molecular complexity index is 2150. The second-order valence-electron chi connectivity index (χ2n) is 23.5. The van der Waals surface area contributed by atoms with Crippen LogP contribution in [0.5, 0.6) is 0 Å². The molecule has 5 aliphatic rings. The molecule has 9 N–H and O–H groups in total. The highest BCUT2D eigenvalue weighted by Crippen LogP contribution is 2.43. The molecule has 19 heteroatoms. The summed E-state index contributed by atoms with van der Waals surface area (Å²) in [6.45, 7) is 22.0. The highest BCUT2D eigenvalue weighted by molar-refractivity contribution is 5.83. The van der Waals surface area contributed by atoms with Gasteiger partial charge in [-0.3, -0.25) is 0 Å². The van der Waals surface area contributed by atoms with Gasteiger partial charge in [0.1, 0.15) is 36.6 Å². The van der Waals surface area contributed by atoms with Crippen molar-refractivity contribution in [2.45, 2.75) is 269 Å².